The number of hydrogen-bond donors (Lipinski definition) is 0. The molecule has 90 valence electrons. The summed E-state index contributed by atoms with van der Waals surface area (Å²) in [5.41, 5.74) is 2.01. The maximum Gasteiger partial charge on any atom is 0.337 e. The van der Waals surface area contributed by atoms with Crippen molar-refractivity contribution < 1.29 is 14.3 Å². The van der Waals surface area contributed by atoms with E-state index in [-0.39, 0.29) is 5.78 Å². The lowest BCUT2D eigenvalue weighted by Crippen LogP contribution is -2.07. The molecule has 1 fully saturated rings. The fourth-order valence-electron chi connectivity index (χ4n) is 1.86. The number of esters is 1. The number of carbonyl (C=O) groups is 2. The van der Waals surface area contributed by atoms with Gasteiger partial charge in [-0.2, -0.15) is 0 Å². The van der Waals surface area contributed by atoms with E-state index in [2.05, 4.69) is 4.74 Å². The van der Waals surface area contributed by atoms with Crippen LogP contribution in [-0.4, -0.2) is 18.9 Å². The van der Waals surface area contributed by atoms with Gasteiger partial charge in [0.25, 0.3) is 0 Å². The number of carbonyl (C=O) groups excluding carboxylic acids is 2. The van der Waals surface area contributed by atoms with Crippen LogP contribution in [0.15, 0.2) is 18.2 Å². The number of rotatable bonds is 4. The Hall–Kier alpha value is -1.64. The lowest BCUT2D eigenvalue weighted by molar-refractivity contribution is 0.0600. The van der Waals surface area contributed by atoms with Crippen molar-refractivity contribution in [3.05, 3.63) is 34.9 Å². The third kappa shape index (κ3) is 2.73. The van der Waals surface area contributed by atoms with Crippen molar-refractivity contribution in [1.29, 1.82) is 0 Å². The van der Waals surface area contributed by atoms with Crippen LogP contribution < -0.4 is 0 Å². The second kappa shape index (κ2) is 4.70. The van der Waals surface area contributed by atoms with Crippen molar-refractivity contribution in [1.82, 2.24) is 0 Å². The van der Waals surface area contributed by atoms with Gasteiger partial charge in [0.1, 0.15) is 0 Å². The molecule has 0 saturated heterocycles. The molecule has 0 amide bonds. The molecule has 1 aliphatic rings. The molecule has 0 spiro atoms. The number of Topliss-reactive ketones (excluding diaryl/α,β-unsaturated/α-hetero) is 1. The van der Waals surface area contributed by atoms with Gasteiger partial charge in [0.05, 0.1) is 12.7 Å². The Balaban J connectivity index is 2.24. The SMILES string of the molecule is COC(=O)c1ccc(C)c(C(=O)CC2CC2)c1. The molecule has 0 aliphatic heterocycles. The summed E-state index contributed by atoms with van der Waals surface area (Å²) >= 11 is 0. The molecule has 3 nitrogen and oxygen atoms in total. The van der Waals surface area contributed by atoms with Gasteiger partial charge >= 0.3 is 5.97 Å². The fourth-order valence-corrected chi connectivity index (χ4v) is 1.86. The van der Waals surface area contributed by atoms with Crippen LogP contribution in [0, 0.1) is 12.8 Å². The molecule has 0 aromatic heterocycles. The Kier molecular flexibility index (Phi) is 3.27. The number of aryl methyl sites for hydroxylation is 1. The van der Waals surface area contributed by atoms with Gasteiger partial charge in [-0.05, 0) is 43.4 Å². The fraction of sp³-hybridized carbons (Fsp3) is 0.429. The van der Waals surface area contributed by atoms with Crippen molar-refractivity contribution >= 4 is 11.8 Å². The van der Waals surface area contributed by atoms with Crippen LogP contribution in [0.1, 0.15) is 45.5 Å². The normalized spacial score (nSPS) is 14.5. The Bertz CT molecular complexity index is 459. The number of benzene rings is 1. The van der Waals surface area contributed by atoms with Crippen LogP contribution in [0.25, 0.3) is 0 Å². The van der Waals surface area contributed by atoms with Gasteiger partial charge in [0.15, 0.2) is 5.78 Å². The summed E-state index contributed by atoms with van der Waals surface area (Å²) in [6, 6.07) is 5.13. The molecule has 17 heavy (non-hydrogen) atoms. The first-order chi connectivity index (χ1) is 8.11. The zero-order chi connectivity index (χ0) is 12.4. The van der Waals surface area contributed by atoms with Crippen molar-refractivity contribution in [2.45, 2.75) is 26.2 Å². The minimum absolute atomic E-state index is 0.135. The largest absolute Gasteiger partial charge is 0.465 e. The highest BCUT2D eigenvalue weighted by Gasteiger charge is 2.25. The highest BCUT2D eigenvalue weighted by atomic mass is 16.5. The third-order valence-corrected chi connectivity index (χ3v) is 3.13. The Labute approximate surface area is 101 Å². The van der Waals surface area contributed by atoms with E-state index >= 15 is 0 Å². The molecule has 0 N–H and O–H groups in total. The zero-order valence-corrected chi connectivity index (χ0v) is 10.2. The molecule has 0 radical (unpaired) electrons. The first kappa shape index (κ1) is 11.8. The Morgan fingerprint density at radius 2 is 2.06 bits per heavy atom. The lowest BCUT2D eigenvalue weighted by atomic mass is 9.98. The van der Waals surface area contributed by atoms with E-state index in [0.29, 0.717) is 23.5 Å². The summed E-state index contributed by atoms with van der Waals surface area (Å²) in [5.74, 6) is 0.296. The summed E-state index contributed by atoms with van der Waals surface area (Å²) in [5, 5.41) is 0. The smallest absolute Gasteiger partial charge is 0.337 e. The molecule has 0 atom stereocenters. The van der Waals surface area contributed by atoms with Crippen LogP contribution in [0.5, 0.6) is 0 Å². The Morgan fingerprint density at radius 1 is 1.35 bits per heavy atom. The number of hydrogen-bond acceptors (Lipinski definition) is 3. The van der Waals surface area contributed by atoms with Gasteiger partial charge in [-0.25, -0.2) is 4.79 Å². The molecule has 1 saturated carbocycles. The molecule has 1 aromatic rings. The Morgan fingerprint density at radius 3 is 2.65 bits per heavy atom. The molecular formula is C14H16O3. The number of ether oxygens (including phenoxy) is 1. The first-order valence-electron chi connectivity index (χ1n) is 5.84. The molecule has 2 rings (SSSR count). The summed E-state index contributed by atoms with van der Waals surface area (Å²) in [4.78, 5) is 23.4. The maximum atomic E-state index is 12.0. The summed E-state index contributed by atoms with van der Waals surface area (Å²) in [6.07, 6.45) is 2.91. The van der Waals surface area contributed by atoms with E-state index in [1.165, 1.54) is 7.11 Å². The lowest BCUT2D eigenvalue weighted by Gasteiger charge is -2.06. The molecule has 0 unspecified atom stereocenters. The molecule has 0 heterocycles. The van der Waals surface area contributed by atoms with Crippen molar-refractivity contribution in [3.63, 3.8) is 0 Å². The summed E-state index contributed by atoms with van der Waals surface area (Å²) in [6.45, 7) is 1.89. The van der Waals surface area contributed by atoms with Crippen molar-refractivity contribution in [2.24, 2.45) is 5.92 Å². The molecule has 1 aliphatic carbocycles. The molecule has 0 bridgehead atoms. The van der Waals surface area contributed by atoms with Crippen molar-refractivity contribution in [2.75, 3.05) is 7.11 Å². The van der Waals surface area contributed by atoms with E-state index in [1.54, 1.807) is 18.2 Å². The van der Waals surface area contributed by atoms with Gasteiger partial charge in [-0.15, -0.1) is 0 Å². The highest BCUT2D eigenvalue weighted by molar-refractivity contribution is 6.00. The minimum atomic E-state index is -0.398. The van der Waals surface area contributed by atoms with E-state index in [1.807, 2.05) is 6.92 Å². The predicted octanol–water partition coefficient (Wildman–Crippen LogP) is 2.76. The second-order valence-corrected chi connectivity index (χ2v) is 4.59. The summed E-state index contributed by atoms with van der Waals surface area (Å²) < 4.78 is 4.65. The quantitative estimate of drug-likeness (QED) is 0.592. The standard InChI is InChI=1S/C14H16O3/c1-9-3-6-11(14(16)17-2)8-12(9)13(15)7-10-4-5-10/h3,6,8,10H,4-5,7H2,1-2H3. The monoisotopic (exact) mass is 232 g/mol. The topological polar surface area (TPSA) is 43.4 Å². The number of ketones is 1. The summed E-state index contributed by atoms with van der Waals surface area (Å²) in [7, 11) is 1.34. The number of methoxy groups -OCH3 is 1. The average molecular weight is 232 g/mol. The molecule has 3 heteroatoms. The van der Waals surface area contributed by atoms with Gasteiger partial charge in [-0.3, -0.25) is 4.79 Å². The zero-order valence-electron chi connectivity index (χ0n) is 10.2. The third-order valence-electron chi connectivity index (χ3n) is 3.13. The average Bonchev–Trinajstić information content (AvgIpc) is 3.12. The van der Waals surface area contributed by atoms with Gasteiger partial charge < -0.3 is 4.74 Å². The van der Waals surface area contributed by atoms with Crippen LogP contribution in [0.4, 0.5) is 0 Å². The van der Waals surface area contributed by atoms with Gasteiger partial charge in [0, 0.05) is 12.0 Å². The van der Waals surface area contributed by atoms with E-state index in [0.717, 1.165) is 18.4 Å². The second-order valence-electron chi connectivity index (χ2n) is 4.59. The highest BCUT2D eigenvalue weighted by Crippen LogP contribution is 2.33. The van der Waals surface area contributed by atoms with Gasteiger partial charge in [-0.1, -0.05) is 6.07 Å². The van der Waals surface area contributed by atoms with E-state index in [4.69, 9.17) is 0 Å². The van der Waals surface area contributed by atoms with Gasteiger partial charge in [0.2, 0.25) is 0 Å². The van der Waals surface area contributed by atoms with Crippen LogP contribution in [-0.2, 0) is 4.74 Å². The van der Waals surface area contributed by atoms with Crippen molar-refractivity contribution in [3.8, 4) is 0 Å². The first-order valence-corrected chi connectivity index (χ1v) is 5.84. The molecular weight excluding hydrogens is 216 g/mol. The predicted molar refractivity (Wildman–Crippen MR) is 64.2 cm³/mol. The maximum absolute atomic E-state index is 12.0. The molecule has 1 aromatic carbocycles. The minimum Gasteiger partial charge on any atom is -0.465 e. The van der Waals surface area contributed by atoms with E-state index in [9.17, 15) is 9.59 Å². The van der Waals surface area contributed by atoms with E-state index < -0.39 is 5.97 Å². The van der Waals surface area contributed by atoms with Crippen LogP contribution >= 0.6 is 0 Å². The van der Waals surface area contributed by atoms with Crippen LogP contribution in [0.3, 0.4) is 0 Å². The van der Waals surface area contributed by atoms with Crippen LogP contribution in [0.2, 0.25) is 0 Å².